The number of nitrogens with one attached hydrogen (secondary N) is 1. The molecule has 15 heavy (non-hydrogen) atoms. The van der Waals surface area contributed by atoms with Gasteiger partial charge in [-0.2, -0.15) is 0 Å². The number of carbonyl (C=O) groups excluding carboxylic acids is 2. The van der Waals surface area contributed by atoms with Crippen LogP contribution >= 0.6 is 11.6 Å². The Hall–Kier alpha value is -0.970. The Labute approximate surface area is 94.1 Å². The third-order valence-electron chi connectivity index (χ3n) is 1.28. The molecule has 5 nitrogen and oxygen atoms in total. The molecule has 0 aromatic heterocycles. The molecule has 0 aromatic carbocycles. The molecule has 0 aromatic rings. The van der Waals surface area contributed by atoms with Gasteiger partial charge in [0.25, 0.3) is 0 Å². The van der Waals surface area contributed by atoms with Crippen LogP contribution in [-0.2, 0) is 14.3 Å². The van der Waals surface area contributed by atoms with Crippen molar-refractivity contribution >= 4 is 23.7 Å². The average molecular weight is 238 g/mol. The molecule has 0 saturated heterocycles. The van der Waals surface area contributed by atoms with Gasteiger partial charge in [-0.05, 0) is 27.7 Å². The average Bonchev–Trinajstić information content (AvgIpc) is 2.00. The zero-order valence-corrected chi connectivity index (χ0v) is 10.1. The minimum absolute atomic E-state index is 0.237. The van der Waals surface area contributed by atoms with Crippen LogP contribution < -0.4 is 5.32 Å². The third-order valence-corrected chi connectivity index (χ3v) is 1.39. The summed E-state index contributed by atoms with van der Waals surface area (Å²) in [5, 5.41) is 2.33. The molecule has 6 heteroatoms. The fraction of sp³-hybridized carbons (Fsp3) is 0.778. The first-order valence-electron chi connectivity index (χ1n) is 4.48. The van der Waals surface area contributed by atoms with Crippen LogP contribution in [0.3, 0.4) is 0 Å². The van der Waals surface area contributed by atoms with Crippen LogP contribution in [0.2, 0.25) is 0 Å². The van der Waals surface area contributed by atoms with Gasteiger partial charge in [-0.3, -0.25) is 0 Å². The Kier molecular flexibility index (Phi) is 5.43. The summed E-state index contributed by atoms with van der Waals surface area (Å²) in [6, 6.07) is -1.02. The highest BCUT2D eigenvalue weighted by Gasteiger charge is 2.21. The van der Waals surface area contributed by atoms with E-state index in [-0.39, 0.29) is 6.07 Å². The molecule has 0 spiro atoms. The van der Waals surface area contributed by atoms with Crippen molar-refractivity contribution in [1.82, 2.24) is 5.32 Å². The van der Waals surface area contributed by atoms with Crippen molar-refractivity contribution < 1.29 is 19.1 Å². The second kappa shape index (κ2) is 5.80. The Morgan fingerprint density at radius 3 is 2.33 bits per heavy atom. The molecule has 0 fully saturated rings. The zero-order valence-electron chi connectivity index (χ0n) is 9.30. The lowest BCUT2D eigenvalue weighted by Crippen LogP contribution is -2.42. The fourth-order valence-corrected chi connectivity index (χ4v) is 0.830. The van der Waals surface area contributed by atoms with Crippen LogP contribution in [0, 0.1) is 0 Å². The Balaban J connectivity index is 4.02. The summed E-state index contributed by atoms with van der Waals surface area (Å²) in [5.41, 5.74) is -0.597. The van der Waals surface area contributed by atoms with E-state index >= 15 is 0 Å². The van der Waals surface area contributed by atoms with E-state index in [1.807, 2.05) is 0 Å². The minimum atomic E-state index is -0.779. The van der Waals surface area contributed by atoms with Gasteiger partial charge in [0.15, 0.2) is 6.07 Å². The van der Waals surface area contributed by atoms with E-state index in [1.165, 1.54) is 6.92 Å². The maximum absolute atomic E-state index is 11.2. The number of rotatable bonds is 3. The maximum atomic E-state index is 11.2. The third kappa shape index (κ3) is 7.02. The van der Waals surface area contributed by atoms with Crippen molar-refractivity contribution in [3.63, 3.8) is 0 Å². The van der Waals surface area contributed by atoms with Crippen LogP contribution in [-0.4, -0.2) is 29.8 Å². The van der Waals surface area contributed by atoms with Crippen LogP contribution in [0.1, 0.15) is 27.7 Å². The molecular weight excluding hydrogens is 222 g/mol. The smallest absolute Gasteiger partial charge is 0.408 e. The van der Waals surface area contributed by atoms with E-state index in [4.69, 9.17) is 16.3 Å². The first kappa shape index (κ1) is 14.0. The normalized spacial score (nSPS) is 12.9. The number of alkyl halides is 1. The lowest BCUT2D eigenvalue weighted by atomic mass is 10.2. The maximum Gasteiger partial charge on any atom is 0.408 e. The lowest BCUT2D eigenvalue weighted by Gasteiger charge is -2.21. The predicted octanol–water partition coefficient (Wildman–Crippen LogP) is 1.64. The molecule has 1 amide bonds. The van der Waals surface area contributed by atoms with E-state index in [9.17, 15) is 9.59 Å². The summed E-state index contributed by atoms with van der Waals surface area (Å²) in [6.45, 7) is 6.68. The second-order valence-electron chi connectivity index (χ2n) is 3.94. The quantitative estimate of drug-likeness (QED) is 0.599. The van der Waals surface area contributed by atoms with E-state index in [2.05, 4.69) is 10.1 Å². The summed E-state index contributed by atoms with van der Waals surface area (Å²) in [6.07, 6.45) is -0.665. The van der Waals surface area contributed by atoms with E-state index in [1.54, 1.807) is 20.8 Å². The monoisotopic (exact) mass is 237 g/mol. The molecule has 0 bridgehead atoms. The van der Waals surface area contributed by atoms with Crippen LogP contribution in [0.25, 0.3) is 0 Å². The number of esters is 1. The SMILES string of the molecule is C[C@@H](NC(=O)OC(C)(C)C)C(=O)OCCl. The van der Waals surface area contributed by atoms with E-state index in [0.29, 0.717) is 0 Å². The standard InChI is InChI=1S/C9H16ClNO4/c1-6(7(12)14-5-10)11-8(13)15-9(2,3)4/h6H,5H2,1-4H3,(H,11,13)/t6-/m1/s1. The molecule has 0 saturated carbocycles. The minimum Gasteiger partial charge on any atom is -0.448 e. The zero-order chi connectivity index (χ0) is 12.1. The summed E-state index contributed by atoms with van der Waals surface area (Å²) in [5.74, 6) is -0.601. The summed E-state index contributed by atoms with van der Waals surface area (Å²) in [4.78, 5) is 22.3. The number of hydrogen-bond donors (Lipinski definition) is 1. The van der Waals surface area contributed by atoms with Crippen molar-refractivity contribution in [3.8, 4) is 0 Å². The van der Waals surface area contributed by atoms with Gasteiger partial charge in [-0.1, -0.05) is 11.6 Å². The first-order chi connectivity index (χ1) is 6.76. The van der Waals surface area contributed by atoms with Crippen LogP contribution in [0.4, 0.5) is 4.79 Å². The van der Waals surface area contributed by atoms with Gasteiger partial charge >= 0.3 is 12.1 Å². The number of halogens is 1. The molecule has 0 aliphatic carbocycles. The predicted molar refractivity (Wildman–Crippen MR) is 55.6 cm³/mol. The van der Waals surface area contributed by atoms with E-state index < -0.39 is 23.7 Å². The highest BCUT2D eigenvalue weighted by molar-refractivity contribution is 6.17. The molecule has 88 valence electrons. The number of amides is 1. The van der Waals surface area contributed by atoms with Crippen LogP contribution in [0.5, 0.6) is 0 Å². The molecular formula is C9H16ClNO4. The Bertz CT molecular complexity index is 237. The van der Waals surface area contributed by atoms with Gasteiger partial charge in [0, 0.05) is 0 Å². The van der Waals surface area contributed by atoms with E-state index in [0.717, 1.165) is 0 Å². The molecule has 0 radical (unpaired) electrons. The number of hydrogen-bond acceptors (Lipinski definition) is 4. The molecule has 1 atom stereocenters. The van der Waals surface area contributed by atoms with Crippen LogP contribution in [0.15, 0.2) is 0 Å². The molecule has 0 unspecified atom stereocenters. The lowest BCUT2D eigenvalue weighted by molar-refractivity contribution is -0.143. The van der Waals surface area contributed by atoms with Gasteiger partial charge in [0.2, 0.25) is 0 Å². The Morgan fingerprint density at radius 1 is 1.40 bits per heavy atom. The van der Waals surface area contributed by atoms with Gasteiger partial charge in [0.1, 0.15) is 11.6 Å². The van der Waals surface area contributed by atoms with Crippen molar-refractivity contribution in [1.29, 1.82) is 0 Å². The second-order valence-corrected chi connectivity index (χ2v) is 4.16. The molecule has 0 aliphatic rings. The number of carbonyl (C=O) groups is 2. The van der Waals surface area contributed by atoms with Crippen molar-refractivity contribution in [2.45, 2.75) is 39.3 Å². The molecule has 0 rings (SSSR count). The molecule has 1 N–H and O–H groups in total. The highest BCUT2D eigenvalue weighted by atomic mass is 35.5. The Morgan fingerprint density at radius 2 is 1.93 bits per heavy atom. The van der Waals surface area contributed by atoms with Gasteiger partial charge in [-0.15, -0.1) is 0 Å². The first-order valence-corrected chi connectivity index (χ1v) is 5.02. The number of ether oxygens (including phenoxy) is 2. The molecule has 0 heterocycles. The van der Waals surface area contributed by atoms with Gasteiger partial charge < -0.3 is 14.8 Å². The summed E-state index contributed by atoms with van der Waals surface area (Å²) < 4.78 is 9.44. The topological polar surface area (TPSA) is 64.6 Å². The van der Waals surface area contributed by atoms with Gasteiger partial charge in [0.05, 0.1) is 0 Å². The number of alkyl carbamates (subject to hydrolysis) is 1. The van der Waals surface area contributed by atoms with Crippen molar-refractivity contribution in [3.05, 3.63) is 0 Å². The van der Waals surface area contributed by atoms with Crippen molar-refractivity contribution in [2.24, 2.45) is 0 Å². The largest absolute Gasteiger partial charge is 0.448 e. The fourth-order valence-electron chi connectivity index (χ4n) is 0.722. The van der Waals surface area contributed by atoms with Crippen molar-refractivity contribution in [2.75, 3.05) is 6.07 Å². The summed E-state index contributed by atoms with van der Waals surface area (Å²) >= 11 is 5.20. The summed E-state index contributed by atoms with van der Waals surface area (Å²) in [7, 11) is 0. The van der Waals surface area contributed by atoms with Gasteiger partial charge in [-0.25, -0.2) is 9.59 Å². The highest BCUT2D eigenvalue weighted by Crippen LogP contribution is 2.06. The molecule has 0 aliphatic heterocycles.